The summed E-state index contributed by atoms with van der Waals surface area (Å²) in [6, 6.07) is 0. The first-order valence-corrected chi connectivity index (χ1v) is 2.78. The van der Waals surface area contributed by atoms with E-state index < -0.39 is 6.16 Å². The van der Waals surface area contributed by atoms with E-state index in [0.717, 1.165) is 0 Å². The van der Waals surface area contributed by atoms with Gasteiger partial charge in [-0.05, 0) is 0 Å². The zero-order valence-corrected chi connectivity index (χ0v) is 4.33. The van der Waals surface area contributed by atoms with Crippen molar-refractivity contribution in [3.05, 3.63) is 0 Å². The minimum absolute atomic E-state index is 0.505. The molecule has 0 radical (unpaired) electrons. The van der Waals surface area contributed by atoms with E-state index in [2.05, 4.69) is 15.8 Å². The van der Waals surface area contributed by atoms with Gasteiger partial charge in [0.25, 0.3) is 0 Å². The maximum atomic E-state index is 9.31. The fraction of sp³-hybridized carbons (Fsp3) is 0. The van der Waals surface area contributed by atoms with E-state index in [9.17, 15) is 4.79 Å². The molecule has 36 valence electrons. The number of hydrogen-bond donors (Lipinski definition) is 2. The molecule has 0 aromatic carbocycles. The summed E-state index contributed by atoms with van der Waals surface area (Å²) in [7, 11) is 0. The van der Waals surface area contributed by atoms with Crippen molar-refractivity contribution in [2.24, 2.45) is 0 Å². The normalized spacial score (nSPS) is 7.50. The number of rotatable bonds is 1. The summed E-state index contributed by atoms with van der Waals surface area (Å²) in [6.45, 7) is 0. The van der Waals surface area contributed by atoms with Crippen LogP contribution in [0.2, 0.25) is 0 Å². The predicted molar refractivity (Wildman–Crippen MR) is 25.7 cm³/mol. The van der Waals surface area contributed by atoms with Crippen LogP contribution in [0.1, 0.15) is 0 Å². The van der Waals surface area contributed by atoms with Gasteiger partial charge in [-0.1, -0.05) is 11.7 Å². The molecule has 0 rings (SSSR count). The summed E-state index contributed by atoms with van der Waals surface area (Å²) in [5, 5.41) is 7.62. The van der Waals surface area contributed by atoms with Gasteiger partial charge in [0.2, 0.25) is 0 Å². The van der Waals surface area contributed by atoms with Crippen LogP contribution in [0.3, 0.4) is 0 Å². The van der Waals surface area contributed by atoms with Crippen molar-refractivity contribution in [2.75, 3.05) is 0 Å². The van der Waals surface area contributed by atoms with Gasteiger partial charge in [-0.3, -0.25) is 0 Å². The molecule has 0 aliphatic heterocycles. The Morgan fingerprint density at radius 1 is 2.00 bits per heavy atom. The van der Waals surface area contributed by atoms with Gasteiger partial charge in [0.1, 0.15) is 11.1 Å². The molecule has 5 heteroatoms. The number of carbonyl (C=O) groups is 1. The van der Waals surface area contributed by atoms with Crippen LogP contribution >= 0.6 is 22.7 Å². The predicted octanol–water partition coefficient (Wildman–Crippen LogP) is 1.17. The van der Waals surface area contributed by atoms with Crippen LogP contribution in [0.15, 0.2) is 0 Å². The van der Waals surface area contributed by atoms with E-state index in [1.54, 1.807) is 0 Å². The van der Waals surface area contributed by atoms with E-state index in [1.807, 2.05) is 0 Å². The first-order chi connectivity index (χ1) is 2.77. The van der Waals surface area contributed by atoms with Crippen molar-refractivity contribution >= 4 is 28.9 Å². The molecule has 0 bridgehead atoms. The van der Waals surface area contributed by atoms with Crippen LogP contribution in [0.25, 0.3) is 0 Å². The topological polar surface area (TPSA) is 46.5 Å². The molecule has 0 atom stereocenters. The summed E-state index contributed by atoms with van der Waals surface area (Å²) in [4.78, 5) is 9.31. The molecule has 1 N–H and O–H groups in total. The molecule has 0 aliphatic rings. The Kier molecular flexibility index (Phi) is 3.16. The third kappa shape index (κ3) is 3.97. The first kappa shape index (κ1) is 5.97. The Morgan fingerprint density at radius 3 is 2.50 bits per heavy atom. The lowest BCUT2D eigenvalue weighted by Gasteiger charge is -1.83. The highest BCUT2D eigenvalue weighted by Crippen LogP contribution is 2.04. The molecule has 3 nitrogen and oxygen atoms in total. The Labute approximate surface area is 43.7 Å². The van der Waals surface area contributed by atoms with E-state index in [0.29, 0.717) is 11.1 Å². The summed E-state index contributed by atoms with van der Waals surface area (Å²) in [5.74, 6) is 0. The third-order valence-electron chi connectivity index (χ3n) is 0.109. The standard InChI is InChI=1S/CH2O3S2/c2-1(3)4-6-5/h5H,(H,2,3). The van der Waals surface area contributed by atoms with Gasteiger partial charge in [-0.2, -0.15) is 0 Å². The van der Waals surface area contributed by atoms with Crippen molar-refractivity contribution in [1.29, 1.82) is 0 Å². The molecule has 0 fully saturated rings. The Morgan fingerprint density at radius 2 is 2.50 bits per heavy atom. The molecule has 0 aliphatic carbocycles. The molecule has 0 saturated carbocycles. The summed E-state index contributed by atoms with van der Waals surface area (Å²) in [6.07, 6.45) is -1.32. The number of carboxylic acid groups (broad SMARTS) is 1. The second kappa shape index (κ2) is 3.17. The van der Waals surface area contributed by atoms with Crippen LogP contribution in [-0.4, -0.2) is 11.3 Å². The summed E-state index contributed by atoms with van der Waals surface area (Å²) < 4.78 is 3.74. The van der Waals surface area contributed by atoms with Crippen LogP contribution in [0, 0.1) is 0 Å². The Balaban J connectivity index is 2.83. The zero-order chi connectivity index (χ0) is 4.99. The van der Waals surface area contributed by atoms with Crippen molar-refractivity contribution in [1.82, 2.24) is 0 Å². The zero-order valence-electron chi connectivity index (χ0n) is 2.62. The molecule has 0 spiro atoms. The van der Waals surface area contributed by atoms with Gasteiger partial charge >= 0.3 is 6.16 Å². The van der Waals surface area contributed by atoms with Crippen molar-refractivity contribution < 1.29 is 14.1 Å². The van der Waals surface area contributed by atoms with E-state index >= 15 is 0 Å². The van der Waals surface area contributed by atoms with Crippen molar-refractivity contribution in [3.63, 3.8) is 0 Å². The number of hydrogen-bond acceptors (Lipinski definition) is 4. The van der Waals surface area contributed by atoms with Gasteiger partial charge < -0.3 is 9.29 Å². The van der Waals surface area contributed by atoms with Crippen LogP contribution < -0.4 is 0 Å². The average molecular weight is 126 g/mol. The molecule has 0 amide bonds. The van der Waals surface area contributed by atoms with E-state index in [4.69, 9.17) is 5.11 Å². The molecular formula is CH2O3S2. The third-order valence-corrected chi connectivity index (χ3v) is 0.549. The first-order valence-electron chi connectivity index (χ1n) is 0.981. The van der Waals surface area contributed by atoms with Crippen LogP contribution in [0.5, 0.6) is 0 Å². The summed E-state index contributed by atoms with van der Waals surface area (Å²) >= 11 is 3.88. The smallest absolute Gasteiger partial charge is 0.449 e. The Hall–Kier alpha value is -0.0300. The highest BCUT2D eigenvalue weighted by atomic mass is 33.1. The Bertz CT molecular complexity index is 52.8. The highest BCUT2D eigenvalue weighted by Gasteiger charge is 1.89. The van der Waals surface area contributed by atoms with Gasteiger partial charge in [0, 0.05) is 0 Å². The maximum absolute atomic E-state index is 9.31. The minimum atomic E-state index is -1.32. The van der Waals surface area contributed by atoms with Gasteiger partial charge in [0.15, 0.2) is 0 Å². The molecule has 0 saturated heterocycles. The largest absolute Gasteiger partial charge is 0.519 e. The maximum Gasteiger partial charge on any atom is 0.519 e. The van der Waals surface area contributed by atoms with Crippen LogP contribution in [0.4, 0.5) is 4.79 Å². The van der Waals surface area contributed by atoms with Gasteiger partial charge in [0.05, 0.1) is 0 Å². The molecule has 0 heterocycles. The average Bonchev–Trinajstić information content (AvgIpc) is 1.35. The minimum Gasteiger partial charge on any atom is -0.449 e. The fourth-order valence-electron chi connectivity index (χ4n) is 0.0319. The van der Waals surface area contributed by atoms with Crippen molar-refractivity contribution in [3.8, 4) is 0 Å². The quantitative estimate of drug-likeness (QED) is 0.314. The lowest BCUT2D eigenvalue weighted by molar-refractivity contribution is 0.153. The molecule has 0 aromatic rings. The lowest BCUT2D eigenvalue weighted by atomic mass is 11.5. The van der Waals surface area contributed by atoms with Crippen molar-refractivity contribution in [2.45, 2.75) is 0 Å². The van der Waals surface area contributed by atoms with Gasteiger partial charge in [-0.15, -0.1) is 0 Å². The second-order valence-corrected chi connectivity index (χ2v) is 1.19. The summed E-state index contributed by atoms with van der Waals surface area (Å²) in [5.41, 5.74) is 0. The molecule has 0 aromatic heterocycles. The second-order valence-electron chi connectivity index (χ2n) is 0.424. The highest BCUT2D eigenvalue weighted by molar-refractivity contribution is 8.66. The fourth-order valence-corrected chi connectivity index (χ4v) is 0.287. The molecular weight excluding hydrogens is 124 g/mol. The SMILES string of the molecule is O=C(O)OSS. The monoisotopic (exact) mass is 126 g/mol. The van der Waals surface area contributed by atoms with Crippen LogP contribution in [-0.2, 0) is 4.18 Å². The molecule has 6 heavy (non-hydrogen) atoms. The lowest BCUT2D eigenvalue weighted by Crippen LogP contribution is -1.87. The van der Waals surface area contributed by atoms with Gasteiger partial charge in [-0.25, -0.2) is 4.79 Å². The van der Waals surface area contributed by atoms with E-state index in [1.165, 1.54) is 0 Å². The van der Waals surface area contributed by atoms with E-state index in [-0.39, 0.29) is 0 Å². The number of thiol groups is 1. The molecule has 0 unspecified atom stereocenters.